The van der Waals surface area contributed by atoms with Crippen LogP contribution >= 0.6 is 0 Å². The molecule has 0 radical (unpaired) electrons. The van der Waals surface area contributed by atoms with E-state index in [2.05, 4.69) is 10.2 Å². The Morgan fingerprint density at radius 1 is 1.28 bits per heavy atom. The van der Waals surface area contributed by atoms with Gasteiger partial charge in [-0.2, -0.15) is 0 Å². The monoisotopic (exact) mass is 349 g/mol. The van der Waals surface area contributed by atoms with E-state index in [-0.39, 0.29) is 17.8 Å². The van der Waals surface area contributed by atoms with Gasteiger partial charge < -0.3 is 15.0 Å². The van der Waals surface area contributed by atoms with Crippen LogP contribution in [0.3, 0.4) is 0 Å². The molecule has 2 aliphatic rings. The summed E-state index contributed by atoms with van der Waals surface area (Å²) in [5.41, 5.74) is 0.867. The van der Waals surface area contributed by atoms with Gasteiger partial charge in [0.05, 0.1) is 19.6 Å². The number of amides is 1. The first-order chi connectivity index (χ1) is 12.2. The molecule has 3 rings (SSSR count). The summed E-state index contributed by atoms with van der Waals surface area (Å²) in [7, 11) is 0. The van der Waals surface area contributed by atoms with Crippen LogP contribution in [-0.4, -0.2) is 74.2 Å². The van der Waals surface area contributed by atoms with Gasteiger partial charge in [-0.1, -0.05) is 12.1 Å². The number of nitrogens with zero attached hydrogens (tertiary/aromatic N) is 2. The molecule has 1 aromatic rings. The summed E-state index contributed by atoms with van der Waals surface area (Å²) in [6.45, 7) is 6.93. The van der Waals surface area contributed by atoms with Crippen molar-refractivity contribution >= 4 is 5.91 Å². The highest BCUT2D eigenvalue weighted by atomic mass is 19.1. The van der Waals surface area contributed by atoms with E-state index in [9.17, 15) is 9.18 Å². The number of halogens is 1. The number of piperidine rings is 1. The predicted molar refractivity (Wildman–Crippen MR) is 95.0 cm³/mol. The van der Waals surface area contributed by atoms with Crippen LogP contribution in [0.4, 0.5) is 4.39 Å². The Bertz CT molecular complexity index is 540. The summed E-state index contributed by atoms with van der Waals surface area (Å²) in [6, 6.07) is 6.49. The molecular weight excluding hydrogens is 321 g/mol. The van der Waals surface area contributed by atoms with Crippen molar-refractivity contribution in [3.05, 3.63) is 35.6 Å². The van der Waals surface area contributed by atoms with Gasteiger partial charge in [-0.25, -0.2) is 4.39 Å². The maximum atomic E-state index is 13.1. The molecule has 0 spiro atoms. The number of benzene rings is 1. The Morgan fingerprint density at radius 3 is 2.72 bits per heavy atom. The maximum absolute atomic E-state index is 13.1. The summed E-state index contributed by atoms with van der Waals surface area (Å²) in [5, 5.41) is 3.40. The zero-order chi connectivity index (χ0) is 17.5. The molecule has 1 aromatic carbocycles. The zero-order valence-corrected chi connectivity index (χ0v) is 14.8. The van der Waals surface area contributed by atoms with Crippen LogP contribution in [-0.2, 0) is 16.0 Å². The van der Waals surface area contributed by atoms with Gasteiger partial charge in [-0.05, 0) is 37.1 Å². The number of nitrogens with one attached hydrogen (secondary N) is 1. The van der Waals surface area contributed by atoms with Gasteiger partial charge in [0, 0.05) is 38.8 Å². The minimum Gasteiger partial charge on any atom is -0.379 e. The molecule has 1 N–H and O–H groups in total. The fourth-order valence-electron chi connectivity index (χ4n) is 3.56. The van der Waals surface area contributed by atoms with Crippen molar-refractivity contribution in [2.45, 2.75) is 25.3 Å². The molecule has 0 aromatic heterocycles. The van der Waals surface area contributed by atoms with Crippen molar-refractivity contribution in [1.29, 1.82) is 0 Å². The van der Waals surface area contributed by atoms with Crippen molar-refractivity contribution < 1.29 is 13.9 Å². The summed E-state index contributed by atoms with van der Waals surface area (Å²) in [6.07, 6.45) is 2.48. The van der Waals surface area contributed by atoms with E-state index >= 15 is 0 Å². The molecule has 1 unspecified atom stereocenters. The summed E-state index contributed by atoms with van der Waals surface area (Å²) >= 11 is 0. The molecular formula is C19H28FN3O2. The number of hydrogen-bond donors (Lipinski definition) is 1. The minimum absolute atomic E-state index is 0.133. The van der Waals surface area contributed by atoms with Crippen LogP contribution in [0.25, 0.3) is 0 Å². The molecule has 138 valence electrons. The number of ether oxygens (including phenoxy) is 1. The van der Waals surface area contributed by atoms with E-state index in [1.54, 1.807) is 12.1 Å². The first-order valence-electron chi connectivity index (χ1n) is 9.27. The van der Waals surface area contributed by atoms with Crippen LogP contribution < -0.4 is 5.32 Å². The van der Waals surface area contributed by atoms with Crippen LogP contribution in [0.5, 0.6) is 0 Å². The van der Waals surface area contributed by atoms with E-state index in [0.29, 0.717) is 6.42 Å². The van der Waals surface area contributed by atoms with E-state index in [4.69, 9.17) is 4.74 Å². The molecule has 1 amide bonds. The Hall–Kier alpha value is -1.50. The number of hydrogen-bond acceptors (Lipinski definition) is 4. The molecule has 25 heavy (non-hydrogen) atoms. The quantitative estimate of drug-likeness (QED) is 0.840. The van der Waals surface area contributed by atoms with Crippen molar-refractivity contribution in [2.75, 3.05) is 52.5 Å². The van der Waals surface area contributed by atoms with Crippen LogP contribution in [0.2, 0.25) is 0 Å². The molecule has 5 nitrogen and oxygen atoms in total. The number of carbonyl (C=O) groups excluding carboxylic acids is 1. The molecule has 6 heteroatoms. The lowest BCUT2D eigenvalue weighted by molar-refractivity contribution is -0.133. The van der Waals surface area contributed by atoms with Gasteiger partial charge in [-0.3, -0.25) is 9.69 Å². The zero-order valence-electron chi connectivity index (χ0n) is 14.8. The minimum atomic E-state index is -0.267. The molecule has 2 aliphatic heterocycles. The molecule has 1 atom stereocenters. The van der Waals surface area contributed by atoms with Crippen molar-refractivity contribution in [3.63, 3.8) is 0 Å². The number of morpholine rings is 1. The molecule has 2 saturated heterocycles. The van der Waals surface area contributed by atoms with Crippen LogP contribution in [0.15, 0.2) is 24.3 Å². The van der Waals surface area contributed by atoms with E-state index in [1.807, 2.05) is 4.90 Å². The normalized spacial score (nSPS) is 21.9. The standard InChI is InChI=1S/C19H28FN3O2/c20-17-5-3-16(4-6-17)14-19(24)23(18-2-1-7-21-15-18)9-8-22-10-12-25-13-11-22/h3-6,18,21H,1-2,7-15H2. The van der Waals surface area contributed by atoms with Crippen molar-refractivity contribution in [2.24, 2.45) is 0 Å². The second-order valence-electron chi connectivity index (χ2n) is 6.84. The lowest BCUT2D eigenvalue weighted by atomic mass is 10.0. The van der Waals surface area contributed by atoms with Crippen LogP contribution in [0, 0.1) is 5.82 Å². The van der Waals surface area contributed by atoms with E-state index in [1.165, 1.54) is 12.1 Å². The molecule has 2 fully saturated rings. The lowest BCUT2D eigenvalue weighted by Gasteiger charge is -2.37. The fraction of sp³-hybridized carbons (Fsp3) is 0.632. The highest BCUT2D eigenvalue weighted by Crippen LogP contribution is 2.14. The third-order valence-corrected chi connectivity index (χ3v) is 5.06. The van der Waals surface area contributed by atoms with Crippen molar-refractivity contribution in [3.8, 4) is 0 Å². The van der Waals surface area contributed by atoms with E-state index < -0.39 is 0 Å². The first kappa shape index (κ1) is 18.3. The topological polar surface area (TPSA) is 44.8 Å². The molecule has 2 heterocycles. The summed E-state index contributed by atoms with van der Waals surface area (Å²) in [5.74, 6) is -0.134. The summed E-state index contributed by atoms with van der Waals surface area (Å²) in [4.78, 5) is 17.3. The second-order valence-corrected chi connectivity index (χ2v) is 6.84. The highest BCUT2D eigenvalue weighted by molar-refractivity contribution is 5.79. The largest absolute Gasteiger partial charge is 0.379 e. The van der Waals surface area contributed by atoms with Gasteiger partial charge in [0.15, 0.2) is 0 Å². The average Bonchev–Trinajstić information content (AvgIpc) is 2.65. The number of carbonyl (C=O) groups is 1. The molecule has 0 saturated carbocycles. The Morgan fingerprint density at radius 2 is 2.04 bits per heavy atom. The van der Waals surface area contributed by atoms with Crippen molar-refractivity contribution in [1.82, 2.24) is 15.1 Å². The highest BCUT2D eigenvalue weighted by Gasteiger charge is 2.26. The SMILES string of the molecule is O=C(Cc1ccc(F)cc1)N(CCN1CCOCC1)C1CCCNC1. The predicted octanol–water partition coefficient (Wildman–Crippen LogP) is 1.28. The Balaban J connectivity index is 1.61. The third-order valence-electron chi connectivity index (χ3n) is 5.06. The summed E-state index contributed by atoms with van der Waals surface area (Å²) < 4.78 is 18.5. The molecule has 0 bridgehead atoms. The fourth-order valence-corrected chi connectivity index (χ4v) is 3.56. The first-order valence-corrected chi connectivity index (χ1v) is 9.27. The van der Waals surface area contributed by atoms with Gasteiger partial charge in [0.1, 0.15) is 5.82 Å². The lowest BCUT2D eigenvalue weighted by Crippen LogP contribution is -2.52. The Kier molecular flexibility index (Phi) is 6.78. The van der Waals surface area contributed by atoms with Crippen LogP contribution in [0.1, 0.15) is 18.4 Å². The van der Waals surface area contributed by atoms with Gasteiger partial charge >= 0.3 is 0 Å². The average molecular weight is 349 g/mol. The smallest absolute Gasteiger partial charge is 0.227 e. The van der Waals surface area contributed by atoms with Gasteiger partial charge in [0.25, 0.3) is 0 Å². The maximum Gasteiger partial charge on any atom is 0.227 e. The number of rotatable bonds is 6. The second kappa shape index (κ2) is 9.27. The third kappa shape index (κ3) is 5.49. The van der Waals surface area contributed by atoms with Gasteiger partial charge in [0.2, 0.25) is 5.91 Å². The van der Waals surface area contributed by atoms with Gasteiger partial charge in [-0.15, -0.1) is 0 Å². The molecule has 0 aliphatic carbocycles. The van der Waals surface area contributed by atoms with E-state index in [0.717, 1.165) is 70.9 Å². The Labute approximate surface area is 149 Å².